The van der Waals surface area contributed by atoms with Crippen LogP contribution in [0.2, 0.25) is 5.02 Å². The van der Waals surface area contributed by atoms with Crippen LogP contribution in [-0.2, 0) is 17.6 Å². The average Bonchev–Trinajstić information content (AvgIpc) is 3.37. The van der Waals surface area contributed by atoms with E-state index >= 15 is 0 Å². The van der Waals surface area contributed by atoms with Gasteiger partial charge in [-0.05, 0) is 80.0 Å². The van der Waals surface area contributed by atoms with E-state index in [4.69, 9.17) is 16.1 Å². The van der Waals surface area contributed by atoms with Crippen LogP contribution in [0, 0.1) is 12.8 Å². The van der Waals surface area contributed by atoms with Gasteiger partial charge in [0.05, 0.1) is 6.20 Å². The summed E-state index contributed by atoms with van der Waals surface area (Å²) < 4.78 is 5.21. The first-order valence-electron chi connectivity index (χ1n) is 13.2. The maximum absolute atomic E-state index is 13.1. The van der Waals surface area contributed by atoms with Gasteiger partial charge < -0.3 is 25.4 Å². The molecule has 0 saturated carbocycles. The molecule has 6 rings (SSSR count). The Morgan fingerprint density at radius 3 is 2.77 bits per heavy atom. The third-order valence-corrected chi connectivity index (χ3v) is 7.56. The number of nitrogens with zero attached hydrogens (tertiary/aromatic N) is 4. The van der Waals surface area contributed by atoms with E-state index in [2.05, 4.69) is 54.2 Å². The fraction of sp³-hybridized carbons (Fsp3) is 0.310. The van der Waals surface area contributed by atoms with Crippen molar-refractivity contribution in [2.24, 2.45) is 5.92 Å². The molecule has 0 spiro atoms. The van der Waals surface area contributed by atoms with E-state index in [-0.39, 0.29) is 5.91 Å². The fourth-order valence-electron chi connectivity index (χ4n) is 5.20. The van der Waals surface area contributed by atoms with Gasteiger partial charge in [0.15, 0.2) is 11.6 Å². The second-order valence-electron chi connectivity index (χ2n) is 10.2. The van der Waals surface area contributed by atoms with Crippen LogP contribution < -0.4 is 20.9 Å². The van der Waals surface area contributed by atoms with Gasteiger partial charge in [-0.2, -0.15) is 4.98 Å². The molecule has 2 aliphatic heterocycles. The van der Waals surface area contributed by atoms with Gasteiger partial charge in [-0.3, -0.25) is 4.79 Å². The summed E-state index contributed by atoms with van der Waals surface area (Å²) in [5.74, 6) is 3.05. The minimum Gasteiger partial charge on any atom is -0.360 e. The number of carbonyl (C=O) groups excluding carboxylic acids is 1. The summed E-state index contributed by atoms with van der Waals surface area (Å²) in [7, 11) is 0. The van der Waals surface area contributed by atoms with Crippen molar-refractivity contribution in [1.82, 2.24) is 15.1 Å². The molecule has 9 nitrogen and oxygen atoms in total. The van der Waals surface area contributed by atoms with E-state index in [1.54, 1.807) is 6.20 Å². The highest BCUT2D eigenvalue weighted by Gasteiger charge is 2.24. The largest absolute Gasteiger partial charge is 0.360 e. The molecular weight excluding hydrogens is 514 g/mol. The molecule has 0 atom stereocenters. The number of piperidine rings is 1. The molecule has 4 heterocycles. The van der Waals surface area contributed by atoms with Crippen molar-refractivity contribution in [2.45, 2.75) is 39.0 Å². The van der Waals surface area contributed by atoms with Gasteiger partial charge in [-0.25, -0.2) is 4.98 Å². The number of hydrogen-bond donors (Lipinski definition) is 3. The van der Waals surface area contributed by atoms with Crippen LogP contribution in [0.5, 0.6) is 0 Å². The lowest BCUT2D eigenvalue weighted by Crippen LogP contribution is -2.35. The molecule has 3 N–H and O–H groups in total. The molecule has 4 aromatic rings. The zero-order chi connectivity index (χ0) is 26.8. The Morgan fingerprint density at radius 2 is 1.95 bits per heavy atom. The van der Waals surface area contributed by atoms with E-state index in [1.165, 1.54) is 5.56 Å². The summed E-state index contributed by atoms with van der Waals surface area (Å²) in [6.07, 6.45) is 5.55. The topological polar surface area (TPSA) is 108 Å². The molecule has 0 unspecified atom stereocenters. The van der Waals surface area contributed by atoms with Crippen molar-refractivity contribution < 1.29 is 9.32 Å². The van der Waals surface area contributed by atoms with Gasteiger partial charge in [-0.1, -0.05) is 28.9 Å². The number of benzene rings is 2. The number of aromatic nitrogens is 3. The van der Waals surface area contributed by atoms with E-state index in [9.17, 15) is 4.79 Å². The van der Waals surface area contributed by atoms with Crippen molar-refractivity contribution in [3.05, 3.63) is 76.6 Å². The number of nitrogens with one attached hydrogen (secondary N) is 3. The summed E-state index contributed by atoms with van der Waals surface area (Å²) >= 11 is 6.39. The third kappa shape index (κ3) is 5.98. The summed E-state index contributed by atoms with van der Waals surface area (Å²) in [4.78, 5) is 24.2. The maximum atomic E-state index is 13.1. The summed E-state index contributed by atoms with van der Waals surface area (Å²) in [5.41, 5.74) is 4.81. The lowest BCUT2D eigenvalue weighted by molar-refractivity contribution is -0.117. The van der Waals surface area contributed by atoms with Crippen molar-refractivity contribution in [3.63, 3.8) is 0 Å². The predicted molar refractivity (Wildman–Crippen MR) is 153 cm³/mol. The highest BCUT2D eigenvalue weighted by Crippen LogP contribution is 2.30. The number of fused-ring (bicyclic) bond motifs is 6. The fourth-order valence-corrected chi connectivity index (χ4v) is 5.33. The lowest BCUT2D eigenvalue weighted by Gasteiger charge is -2.31. The van der Waals surface area contributed by atoms with Gasteiger partial charge in [0.25, 0.3) is 0 Å². The molecule has 1 fully saturated rings. The predicted octanol–water partition coefficient (Wildman–Crippen LogP) is 6.26. The average molecular weight is 544 g/mol. The Kier molecular flexibility index (Phi) is 7.06. The first-order valence-corrected chi connectivity index (χ1v) is 13.6. The van der Waals surface area contributed by atoms with Gasteiger partial charge in [0.1, 0.15) is 10.8 Å². The molecule has 200 valence electrons. The van der Waals surface area contributed by atoms with Gasteiger partial charge >= 0.3 is 0 Å². The first kappa shape index (κ1) is 25.2. The molecular formula is C29H30ClN7O2. The van der Waals surface area contributed by atoms with Crippen LogP contribution in [0.3, 0.4) is 0 Å². The monoisotopic (exact) mass is 543 g/mol. The smallest absolute Gasteiger partial charge is 0.229 e. The quantitative estimate of drug-likeness (QED) is 0.277. The second kappa shape index (κ2) is 10.9. The Bertz CT molecular complexity index is 1500. The molecule has 6 bridgehead atoms. The Labute approximate surface area is 232 Å². The standard InChI is InChI=1S/C29H30ClN7O2/c1-18-13-26(36-39-18)37-11-9-20(10-12-37)15-27(38)34-25-8-7-23-16-21(25)6-5-19-3-2-4-22(14-19)33-29-31-17-24(30)28(32-23)35-29/h2-4,7-8,13-14,16-17,20H,5-6,9-12,15H2,1H3,(H,34,38)(H2,31,32,33,35). The van der Waals surface area contributed by atoms with E-state index in [1.807, 2.05) is 37.3 Å². The molecule has 2 aromatic heterocycles. The maximum Gasteiger partial charge on any atom is 0.229 e. The zero-order valence-corrected chi connectivity index (χ0v) is 22.5. The third-order valence-electron chi connectivity index (χ3n) is 7.28. The SMILES string of the molecule is Cc1cc(N2CCC(CC(=O)Nc3ccc4cc3CCc3cccc(c3)Nc3ncc(Cl)c(n3)N4)CC2)no1. The number of halogens is 1. The van der Waals surface area contributed by atoms with Gasteiger partial charge in [0, 0.05) is 42.6 Å². The molecule has 0 aliphatic carbocycles. The van der Waals surface area contributed by atoms with E-state index < -0.39 is 0 Å². The summed E-state index contributed by atoms with van der Waals surface area (Å²) in [6, 6.07) is 16.1. The Balaban J connectivity index is 1.17. The minimum absolute atomic E-state index is 0.0419. The second-order valence-corrected chi connectivity index (χ2v) is 10.6. The normalized spacial score (nSPS) is 15.3. The van der Waals surface area contributed by atoms with Crippen LogP contribution in [0.25, 0.3) is 0 Å². The molecule has 0 radical (unpaired) electrons. The highest BCUT2D eigenvalue weighted by molar-refractivity contribution is 6.32. The van der Waals surface area contributed by atoms with Crippen LogP contribution in [-0.4, -0.2) is 34.1 Å². The molecule has 2 aliphatic rings. The van der Waals surface area contributed by atoms with Crippen molar-refractivity contribution in [1.29, 1.82) is 0 Å². The molecule has 39 heavy (non-hydrogen) atoms. The molecule has 1 amide bonds. The van der Waals surface area contributed by atoms with Gasteiger partial charge in [-0.15, -0.1) is 0 Å². The number of aryl methyl sites for hydroxylation is 3. The van der Waals surface area contributed by atoms with Crippen LogP contribution in [0.15, 0.2) is 59.3 Å². The van der Waals surface area contributed by atoms with Crippen LogP contribution in [0.1, 0.15) is 36.1 Å². The van der Waals surface area contributed by atoms with Crippen LogP contribution in [0.4, 0.5) is 34.6 Å². The molecule has 1 saturated heterocycles. The number of carbonyl (C=O) groups is 1. The van der Waals surface area contributed by atoms with Crippen molar-refractivity contribution in [2.75, 3.05) is 33.9 Å². The Morgan fingerprint density at radius 1 is 1.10 bits per heavy atom. The first-order chi connectivity index (χ1) is 19.0. The number of rotatable bonds is 4. The molecule has 10 heteroatoms. The van der Waals surface area contributed by atoms with Crippen LogP contribution >= 0.6 is 11.6 Å². The number of hydrogen-bond acceptors (Lipinski definition) is 8. The van der Waals surface area contributed by atoms with E-state index in [0.29, 0.717) is 29.1 Å². The highest BCUT2D eigenvalue weighted by atomic mass is 35.5. The zero-order valence-electron chi connectivity index (χ0n) is 21.7. The lowest BCUT2D eigenvalue weighted by atomic mass is 9.93. The number of amides is 1. The number of anilines is 6. The molecule has 2 aromatic carbocycles. The summed E-state index contributed by atoms with van der Waals surface area (Å²) in [6.45, 7) is 3.64. The Hall–Kier alpha value is -4.11. The van der Waals surface area contributed by atoms with Crippen molar-refractivity contribution in [3.8, 4) is 0 Å². The van der Waals surface area contributed by atoms with E-state index in [0.717, 1.165) is 73.0 Å². The minimum atomic E-state index is 0.0419. The summed E-state index contributed by atoms with van der Waals surface area (Å²) in [5, 5.41) is 14.3. The van der Waals surface area contributed by atoms with Gasteiger partial charge in [0.2, 0.25) is 11.9 Å². The van der Waals surface area contributed by atoms with Crippen molar-refractivity contribution >= 4 is 52.2 Å².